The molecule has 5 nitrogen and oxygen atoms in total. The van der Waals surface area contributed by atoms with E-state index in [1.54, 1.807) is 6.07 Å². The molecule has 0 aliphatic carbocycles. The molecule has 15 heavy (non-hydrogen) atoms. The number of hydrogen-bond donors (Lipinski definition) is 3. The Bertz CT molecular complexity index is 371. The number of phenols is 1. The SMILES string of the molecule is CC(=O)O.O=C(O)c1cc(Br)ccc1O. The van der Waals surface area contributed by atoms with Gasteiger partial charge in [-0.05, 0) is 18.2 Å². The van der Waals surface area contributed by atoms with Gasteiger partial charge in [-0.2, -0.15) is 0 Å². The molecule has 0 amide bonds. The van der Waals surface area contributed by atoms with Crippen LogP contribution in [0.4, 0.5) is 0 Å². The molecule has 82 valence electrons. The topological polar surface area (TPSA) is 94.8 Å². The molecule has 0 spiro atoms. The molecule has 6 heteroatoms. The summed E-state index contributed by atoms with van der Waals surface area (Å²) < 4.78 is 0.632. The van der Waals surface area contributed by atoms with E-state index in [2.05, 4.69) is 15.9 Å². The van der Waals surface area contributed by atoms with Crippen molar-refractivity contribution in [2.75, 3.05) is 0 Å². The molecule has 0 heterocycles. The number of carbonyl (C=O) groups is 2. The van der Waals surface area contributed by atoms with Crippen LogP contribution in [-0.4, -0.2) is 27.3 Å². The van der Waals surface area contributed by atoms with Gasteiger partial charge in [-0.25, -0.2) is 4.79 Å². The van der Waals surface area contributed by atoms with Crippen LogP contribution in [-0.2, 0) is 4.79 Å². The van der Waals surface area contributed by atoms with E-state index in [1.165, 1.54) is 12.1 Å². The maximum atomic E-state index is 10.4. The fraction of sp³-hybridized carbons (Fsp3) is 0.111. The van der Waals surface area contributed by atoms with Crippen LogP contribution in [0, 0.1) is 0 Å². The summed E-state index contributed by atoms with van der Waals surface area (Å²) in [7, 11) is 0. The average Bonchev–Trinajstić information content (AvgIpc) is 2.08. The molecule has 0 aliphatic rings. The molecular weight excluding hydrogens is 268 g/mol. The van der Waals surface area contributed by atoms with E-state index in [-0.39, 0.29) is 11.3 Å². The minimum atomic E-state index is -1.14. The van der Waals surface area contributed by atoms with Crippen LogP contribution in [0.15, 0.2) is 22.7 Å². The highest BCUT2D eigenvalue weighted by molar-refractivity contribution is 9.10. The number of rotatable bonds is 1. The fourth-order valence-corrected chi connectivity index (χ4v) is 1.04. The van der Waals surface area contributed by atoms with Gasteiger partial charge in [0.15, 0.2) is 0 Å². The first-order chi connectivity index (χ1) is 6.84. The van der Waals surface area contributed by atoms with Crippen molar-refractivity contribution in [1.29, 1.82) is 0 Å². The summed E-state index contributed by atoms with van der Waals surface area (Å²) in [6, 6.07) is 4.24. The molecular formula is C9H9BrO5. The Morgan fingerprint density at radius 3 is 2.07 bits per heavy atom. The van der Waals surface area contributed by atoms with Crippen molar-refractivity contribution < 1.29 is 24.9 Å². The van der Waals surface area contributed by atoms with E-state index < -0.39 is 11.9 Å². The lowest BCUT2D eigenvalue weighted by Crippen LogP contribution is -1.95. The smallest absolute Gasteiger partial charge is 0.339 e. The monoisotopic (exact) mass is 276 g/mol. The molecule has 0 aliphatic heterocycles. The predicted octanol–water partition coefficient (Wildman–Crippen LogP) is 1.94. The zero-order valence-electron chi connectivity index (χ0n) is 7.77. The third kappa shape index (κ3) is 5.69. The fourth-order valence-electron chi connectivity index (χ4n) is 0.680. The van der Waals surface area contributed by atoms with Gasteiger partial charge in [-0.3, -0.25) is 4.79 Å². The third-order valence-electron chi connectivity index (χ3n) is 1.19. The van der Waals surface area contributed by atoms with Crippen LogP contribution >= 0.6 is 15.9 Å². The van der Waals surface area contributed by atoms with Crippen molar-refractivity contribution in [1.82, 2.24) is 0 Å². The van der Waals surface area contributed by atoms with E-state index in [0.717, 1.165) is 6.92 Å². The highest BCUT2D eigenvalue weighted by Gasteiger charge is 2.08. The van der Waals surface area contributed by atoms with Gasteiger partial charge in [-0.1, -0.05) is 15.9 Å². The number of halogens is 1. The zero-order valence-corrected chi connectivity index (χ0v) is 9.35. The van der Waals surface area contributed by atoms with Crippen LogP contribution in [0.2, 0.25) is 0 Å². The predicted molar refractivity (Wildman–Crippen MR) is 56.1 cm³/mol. The summed E-state index contributed by atoms with van der Waals surface area (Å²) in [6.07, 6.45) is 0. The lowest BCUT2D eigenvalue weighted by molar-refractivity contribution is -0.134. The molecule has 1 aromatic carbocycles. The van der Waals surface area contributed by atoms with Gasteiger partial charge < -0.3 is 15.3 Å². The third-order valence-corrected chi connectivity index (χ3v) is 1.68. The molecule has 0 unspecified atom stereocenters. The number of aliphatic carboxylic acids is 1. The summed E-state index contributed by atoms with van der Waals surface area (Å²) >= 11 is 3.09. The maximum absolute atomic E-state index is 10.4. The lowest BCUT2D eigenvalue weighted by Gasteiger charge is -1.97. The first kappa shape index (κ1) is 13.4. The normalized spacial score (nSPS) is 8.67. The molecule has 0 bridgehead atoms. The number of aromatic hydroxyl groups is 1. The van der Waals surface area contributed by atoms with Crippen LogP contribution in [0.5, 0.6) is 5.75 Å². The summed E-state index contributed by atoms with van der Waals surface area (Å²) in [5.74, 6) is -2.19. The Balaban J connectivity index is 0.000000423. The van der Waals surface area contributed by atoms with E-state index >= 15 is 0 Å². The molecule has 0 fully saturated rings. The molecule has 3 N–H and O–H groups in total. The maximum Gasteiger partial charge on any atom is 0.339 e. The van der Waals surface area contributed by atoms with Gasteiger partial charge in [0, 0.05) is 11.4 Å². The number of carboxylic acid groups (broad SMARTS) is 2. The minimum Gasteiger partial charge on any atom is -0.507 e. The van der Waals surface area contributed by atoms with Gasteiger partial charge in [0.2, 0.25) is 0 Å². The van der Waals surface area contributed by atoms with Gasteiger partial charge in [0.25, 0.3) is 5.97 Å². The Hall–Kier alpha value is -1.56. The largest absolute Gasteiger partial charge is 0.507 e. The van der Waals surface area contributed by atoms with Crippen molar-refractivity contribution in [3.63, 3.8) is 0 Å². The van der Waals surface area contributed by atoms with Gasteiger partial charge in [0.05, 0.1) is 0 Å². The van der Waals surface area contributed by atoms with Gasteiger partial charge >= 0.3 is 5.97 Å². The first-order valence-corrected chi connectivity index (χ1v) is 4.55. The van der Waals surface area contributed by atoms with Crippen LogP contribution < -0.4 is 0 Å². The van der Waals surface area contributed by atoms with Crippen molar-refractivity contribution in [3.8, 4) is 5.75 Å². The Kier molecular flexibility index (Phi) is 5.40. The number of aromatic carboxylic acids is 1. The molecule has 1 aromatic rings. The second-order valence-corrected chi connectivity index (χ2v) is 3.40. The van der Waals surface area contributed by atoms with E-state index in [9.17, 15) is 4.79 Å². The van der Waals surface area contributed by atoms with Crippen LogP contribution in [0.3, 0.4) is 0 Å². The number of benzene rings is 1. The van der Waals surface area contributed by atoms with Crippen LogP contribution in [0.25, 0.3) is 0 Å². The standard InChI is InChI=1S/C7H5BrO3.C2H4O2/c8-4-1-2-6(9)5(3-4)7(10)11;1-2(3)4/h1-3,9H,(H,10,11);1H3,(H,3,4). The van der Waals surface area contributed by atoms with Crippen molar-refractivity contribution in [2.24, 2.45) is 0 Å². The quantitative estimate of drug-likeness (QED) is 0.729. The summed E-state index contributed by atoms with van der Waals surface area (Å²) in [6.45, 7) is 1.08. The number of carboxylic acids is 2. The Labute approximate surface area is 94.1 Å². The Morgan fingerprint density at radius 2 is 1.73 bits per heavy atom. The molecule has 0 atom stereocenters. The van der Waals surface area contributed by atoms with Crippen molar-refractivity contribution in [2.45, 2.75) is 6.92 Å². The molecule has 0 saturated carbocycles. The lowest BCUT2D eigenvalue weighted by atomic mass is 10.2. The van der Waals surface area contributed by atoms with Crippen molar-refractivity contribution in [3.05, 3.63) is 28.2 Å². The summed E-state index contributed by atoms with van der Waals surface area (Å²) in [5.41, 5.74) is -0.0978. The van der Waals surface area contributed by atoms with Crippen LogP contribution in [0.1, 0.15) is 17.3 Å². The highest BCUT2D eigenvalue weighted by atomic mass is 79.9. The summed E-state index contributed by atoms with van der Waals surface area (Å²) in [5, 5.41) is 24.9. The second kappa shape index (κ2) is 6.02. The highest BCUT2D eigenvalue weighted by Crippen LogP contribution is 2.21. The second-order valence-electron chi connectivity index (χ2n) is 2.49. The van der Waals surface area contributed by atoms with Crippen molar-refractivity contribution >= 4 is 27.9 Å². The molecule has 0 aromatic heterocycles. The molecule has 1 rings (SSSR count). The molecule has 0 saturated heterocycles. The van der Waals surface area contributed by atoms with E-state index in [0.29, 0.717) is 4.47 Å². The van der Waals surface area contributed by atoms with Gasteiger partial charge in [0.1, 0.15) is 11.3 Å². The number of hydrogen-bond acceptors (Lipinski definition) is 3. The molecule has 0 radical (unpaired) electrons. The van der Waals surface area contributed by atoms with E-state index in [1.807, 2.05) is 0 Å². The average molecular weight is 277 g/mol. The first-order valence-electron chi connectivity index (χ1n) is 3.76. The van der Waals surface area contributed by atoms with E-state index in [4.69, 9.17) is 20.1 Å². The Morgan fingerprint density at radius 1 is 1.27 bits per heavy atom. The minimum absolute atomic E-state index is 0.0978. The van der Waals surface area contributed by atoms with Gasteiger partial charge in [-0.15, -0.1) is 0 Å². The zero-order chi connectivity index (χ0) is 12.0. The summed E-state index contributed by atoms with van der Waals surface area (Å²) in [4.78, 5) is 19.4.